The molecule has 401 valence electrons. The van der Waals surface area contributed by atoms with Crippen molar-refractivity contribution in [3.63, 3.8) is 0 Å². The average molecular weight is 1250 g/mol. The Labute approximate surface area is 510 Å². The summed E-state index contributed by atoms with van der Waals surface area (Å²) in [6, 6.07) is 13.2. The van der Waals surface area contributed by atoms with E-state index in [1.807, 2.05) is 18.2 Å². The van der Waals surface area contributed by atoms with Crippen LogP contribution in [0.1, 0.15) is 137 Å². The Hall–Kier alpha value is -0.248. The fourth-order valence-electron chi connectivity index (χ4n) is 11.3. The number of halogens is 6. The number of benzene rings is 3. The van der Waals surface area contributed by atoms with Gasteiger partial charge in [0.1, 0.15) is 0 Å². The Kier molecular flexibility index (Phi) is 30.4. The minimum absolute atomic E-state index is 0. The van der Waals surface area contributed by atoms with Gasteiger partial charge >= 0.3 is 0 Å². The molecule has 9 rings (SSSR count). The summed E-state index contributed by atoms with van der Waals surface area (Å²) in [5, 5.41) is 0. The van der Waals surface area contributed by atoms with Crippen LogP contribution in [0.2, 0.25) is 0 Å². The van der Waals surface area contributed by atoms with Crippen LogP contribution < -0.4 is 0 Å². The molecule has 0 atom stereocenters. The zero-order chi connectivity index (χ0) is 49.4. The average Bonchev–Trinajstić information content (AvgIpc) is 3.36. The van der Waals surface area contributed by atoms with E-state index in [1.54, 1.807) is 7.11 Å². The van der Waals surface area contributed by atoms with Crippen LogP contribution in [0.5, 0.6) is 0 Å². The molecule has 0 spiro atoms. The van der Waals surface area contributed by atoms with Gasteiger partial charge in [0.05, 0.1) is 39.6 Å². The fraction of sp³-hybridized carbons (Fsp3) is 0.614. The van der Waals surface area contributed by atoms with Gasteiger partial charge in [0, 0.05) is 169 Å². The van der Waals surface area contributed by atoms with Crippen molar-refractivity contribution in [2.24, 2.45) is 53.3 Å². The number of rotatable bonds is 11. The summed E-state index contributed by atoms with van der Waals surface area (Å²) >= 11 is 0. The fourth-order valence-corrected chi connectivity index (χ4v) is 11.3. The molecule has 0 amide bonds. The zero-order valence-corrected chi connectivity index (χ0v) is 51.2. The largest absolute Gasteiger partial charge is 0.384 e. The molecule has 0 unspecified atom stereocenters. The topological polar surface area (TPSA) is 64.6 Å². The molecule has 6 aliphatic rings. The monoisotopic (exact) mass is 1250 g/mol. The maximum Gasteiger partial charge on any atom is 0.162 e. The van der Waals surface area contributed by atoms with Crippen LogP contribution in [0.15, 0.2) is 60.7 Å². The van der Waals surface area contributed by atoms with E-state index < -0.39 is 53.8 Å². The van der Waals surface area contributed by atoms with Crippen molar-refractivity contribution in [3.8, 4) is 0 Å². The van der Waals surface area contributed by atoms with E-state index in [4.69, 9.17) is 33.2 Å². The van der Waals surface area contributed by atoms with Crippen LogP contribution in [0.25, 0.3) is 0 Å². The number of ether oxygens (including phenoxy) is 7. The summed E-state index contributed by atoms with van der Waals surface area (Å²) in [5.41, 5.74) is 1.15. The van der Waals surface area contributed by atoms with Crippen LogP contribution >= 0.6 is 0 Å². The van der Waals surface area contributed by atoms with Gasteiger partial charge in [0.2, 0.25) is 0 Å². The van der Waals surface area contributed by atoms with E-state index in [-0.39, 0.29) is 102 Å². The maximum absolute atomic E-state index is 13.3. The molecule has 6 fully saturated rings. The van der Waals surface area contributed by atoms with E-state index in [1.165, 1.54) is 120 Å². The molecule has 3 aromatic carbocycles. The summed E-state index contributed by atoms with van der Waals surface area (Å²) in [4.78, 5) is 0. The summed E-state index contributed by atoms with van der Waals surface area (Å²) < 4.78 is 119. The Bertz CT molecular complexity index is 2050. The normalized spacial score (nSPS) is 30.6. The van der Waals surface area contributed by atoms with Crippen molar-refractivity contribution < 1.29 is 162 Å². The quantitative estimate of drug-likeness (QED) is 0.108. The van der Waals surface area contributed by atoms with Crippen LogP contribution in [-0.4, -0.2) is 53.4 Å². The Morgan fingerprint density at radius 3 is 1.04 bits per heavy atom. The van der Waals surface area contributed by atoms with E-state index >= 15 is 0 Å². The van der Waals surface area contributed by atoms with Crippen LogP contribution in [0.4, 0.5) is 26.3 Å². The second-order valence-corrected chi connectivity index (χ2v) is 20.1. The van der Waals surface area contributed by atoms with Crippen molar-refractivity contribution in [2.45, 2.75) is 116 Å². The first kappa shape index (κ1) is 65.3. The van der Waals surface area contributed by atoms with Crippen molar-refractivity contribution in [3.05, 3.63) is 130 Å². The molecule has 7 nitrogen and oxygen atoms in total. The molecule has 0 N–H and O–H groups in total. The molecule has 3 radical (unpaired) electrons. The first-order chi connectivity index (χ1) is 34.0. The number of hydrogen-bond acceptors (Lipinski definition) is 7. The van der Waals surface area contributed by atoms with Crippen LogP contribution in [-0.2, 0) is 131 Å². The summed E-state index contributed by atoms with van der Waals surface area (Å²) in [7, 11) is 1.75. The second-order valence-electron chi connectivity index (χ2n) is 20.1. The molecule has 3 saturated carbocycles. The molecule has 0 bridgehead atoms. The number of methoxy groups -OCH3 is 1. The molecule has 3 aromatic rings. The molecule has 0 aromatic heterocycles. The minimum Gasteiger partial charge on any atom is -0.384 e. The van der Waals surface area contributed by atoms with Crippen molar-refractivity contribution in [1.29, 1.82) is 0 Å². The molecule has 3 saturated heterocycles. The molecule has 3 heterocycles. The van der Waals surface area contributed by atoms with E-state index in [2.05, 4.69) is 38.2 Å². The Morgan fingerprint density at radius 2 is 0.753 bits per heavy atom. The summed E-state index contributed by atoms with van der Waals surface area (Å²) in [6.07, 6.45) is 22.5. The van der Waals surface area contributed by atoms with Crippen molar-refractivity contribution in [2.75, 3.05) is 53.4 Å². The standard InChI is InChI=1S/C20H25F2O2.C19H23F2O2.C18H23F2O3.3Y.3H2/c1-2-3-4-14-5-7-15(8-6-14)17-12-23-20(24-13-17)16-9-18(21)11-19(22)10-16;1-2-3-13-4-6-14(7-5-13)16-11-22-19(23-12-16)15-8-17(20)10-18(21)9-15;1-21-9-12-2-4-13(5-3-12)15-10-22-18(23-11-15)14-6-16(19)8-17(20)7-14;;;;;;/h2-3,9-10,14-15,17,20H,4-8,12-13H2,1H3;2-3,8-9,13-14,16,19H,4-7,11-12H2,1H3;6-7,12-13,15,18H,2-5,9-11H2,1H3;;;;3*1H/q3*-1;;;;;;. The first-order valence-electron chi connectivity index (χ1n) is 25.5. The summed E-state index contributed by atoms with van der Waals surface area (Å²) in [6.45, 7) is 8.50. The number of hydrogen-bond donors (Lipinski definition) is 0. The van der Waals surface area contributed by atoms with E-state index in [0.29, 0.717) is 104 Å². The summed E-state index contributed by atoms with van der Waals surface area (Å²) in [5.74, 6) is 0.796. The smallest absolute Gasteiger partial charge is 0.162 e. The molecule has 73 heavy (non-hydrogen) atoms. The zero-order valence-electron chi connectivity index (χ0n) is 42.7. The minimum atomic E-state index is -0.731. The van der Waals surface area contributed by atoms with Crippen molar-refractivity contribution >= 4 is 0 Å². The van der Waals surface area contributed by atoms with Gasteiger partial charge in [-0.1, -0.05) is 41.0 Å². The third-order valence-electron chi connectivity index (χ3n) is 15.2. The van der Waals surface area contributed by atoms with Crippen LogP contribution in [0, 0.1) is 106 Å². The van der Waals surface area contributed by atoms with Gasteiger partial charge in [-0.15, -0.1) is 54.6 Å². The van der Waals surface area contributed by atoms with Gasteiger partial charge in [-0.3, -0.25) is 0 Å². The number of allylic oxidation sites excluding steroid dienone is 4. The van der Waals surface area contributed by atoms with Gasteiger partial charge in [0.15, 0.2) is 18.9 Å². The van der Waals surface area contributed by atoms with E-state index in [9.17, 15) is 26.3 Å². The third kappa shape index (κ3) is 20.7. The van der Waals surface area contributed by atoms with E-state index in [0.717, 1.165) is 12.5 Å². The molecular formula is C57H77F6O7Y3-3. The van der Waals surface area contributed by atoms with Gasteiger partial charge in [-0.25, -0.2) is 26.3 Å². The first-order valence-corrected chi connectivity index (χ1v) is 25.5. The molecule has 16 heteroatoms. The van der Waals surface area contributed by atoms with Gasteiger partial charge in [-0.05, 0) is 133 Å². The van der Waals surface area contributed by atoms with Gasteiger partial charge in [0.25, 0.3) is 0 Å². The molecule has 3 aliphatic carbocycles. The predicted octanol–water partition coefficient (Wildman–Crippen LogP) is 14.6. The van der Waals surface area contributed by atoms with Crippen LogP contribution in [0.3, 0.4) is 0 Å². The predicted molar refractivity (Wildman–Crippen MR) is 259 cm³/mol. The van der Waals surface area contributed by atoms with Crippen molar-refractivity contribution in [1.82, 2.24) is 0 Å². The van der Waals surface area contributed by atoms with Gasteiger partial charge < -0.3 is 33.2 Å². The molecule has 3 aliphatic heterocycles. The van der Waals surface area contributed by atoms with Gasteiger partial charge in [-0.2, -0.15) is 0 Å². The third-order valence-corrected chi connectivity index (χ3v) is 15.2. The Morgan fingerprint density at radius 1 is 0.452 bits per heavy atom. The Balaban J connectivity index is 0.000000548. The second kappa shape index (κ2) is 34.0. The molecular weight excluding hydrogens is 1180 g/mol. The SMILES string of the molecule is CC=CC1CCC(C2COC(c3cc(F)[c-]c(F)c3)OC2)CC1.CC=CCC1CCC(C2COC(c3cc(F)[c-]c(F)c3)OC2)CC1.COCC1CCC(C2COC(c3cc(F)[c-]c(F)c3)OC2)CC1.[HH].[HH].[HH].[Y].[Y].[Y]. The maximum atomic E-state index is 13.3.